The molecular formula is C18H18F3N3O2S. The van der Waals surface area contributed by atoms with Crippen LogP contribution in [0.25, 0.3) is 0 Å². The van der Waals surface area contributed by atoms with Gasteiger partial charge >= 0.3 is 6.18 Å². The number of hydrogen-bond acceptors (Lipinski definition) is 4. The van der Waals surface area contributed by atoms with Gasteiger partial charge in [0.15, 0.2) is 0 Å². The van der Waals surface area contributed by atoms with Gasteiger partial charge in [0.25, 0.3) is 0 Å². The largest absolute Gasteiger partial charge is 0.417 e. The van der Waals surface area contributed by atoms with Crippen LogP contribution in [0.5, 0.6) is 0 Å². The molecule has 0 heterocycles. The second-order valence-electron chi connectivity index (χ2n) is 5.96. The summed E-state index contributed by atoms with van der Waals surface area (Å²) in [6.07, 6.45) is -4.65. The minimum atomic E-state index is -4.65. The Morgan fingerprint density at radius 3 is 2.41 bits per heavy atom. The van der Waals surface area contributed by atoms with Crippen molar-refractivity contribution >= 4 is 15.7 Å². The van der Waals surface area contributed by atoms with E-state index in [1.165, 1.54) is 12.1 Å². The van der Waals surface area contributed by atoms with Crippen LogP contribution in [0.15, 0.2) is 41.3 Å². The number of benzene rings is 2. The van der Waals surface area contributed by atoms with Crippen LogP contribution in [0.3, 0.4) is 0 Å². The van der Waals surface area contributed by atoms with Crippen LogP contribution < -0.4 is 10.0 Å². The fourth-order valence-corrected chi connectivity index (χ4v) is 3.81. The lowest BCUT2D eigenvalue weighted by molar-refractivity contribution is -0.137. The lowest BCUT2D eigenvalue weighted by Gasteiger charge is -2.13. The fraction of sp³-hybridized carbons (Fsp3) is 0.278. The van der Waals surface area contributed by atoms with Crippen molar-refractivity contribution in [2.24, 2.45) is 0 Å². The first kappa shape index (κ1) is 20.7. The van der Waals surface area contributed by atoms with Gasteiger partial charge in [-0.3, -0.25) is 0 Å². The van der Waals surface area contributed by atoms with Crippen LogP contribution in [0.4, 0.5) is 18.9 Å². The molecule has 2 rings (SSSR count). The first-order valence-corrected chi connectivity index (χ1v) is 9.45. The lowest BCUT2D eigenvalue weighted by Crippen LogP contribution is -2.29. The molecule has 0 aliphatic rings. The highest BCUT2D eigenvalue weighted by Gasteiger charge is 2.33. The number of sulfonamides is 1. The van der Waals surface area contributed by atoms with E-state index in [0.717, 1.165) is 17.7 Å². The number of nitrogens with zero attached hydrogens (tertiary/aromatic N) is 1. The predicted octanol–water partition coefficient (Wildman–Crippen LogP) is 3.58. The van der Waals surface area contributed by atoms with Gasteiger partial charge in [0.2, 0.25) is 10.0 Å². The minimum Gasteiger partial charge on any atom is -0.384 e. The number of aryl methyl sites for hydroxylation is 2. The van der Waals surface area contributed by atoms with Gasteiger partial charge in [-0.05, 0) is 49.2 Å². The zero-order valence-electron chi connectivity index (χ0n) is 14.7. The van der Waals surface area contributed by atoms with Crippen LogP contribution in [0.1, 0.15) is 22.3 Å². The van der Waals surface area contributed by atoms with Gasteiger partial charge in [0.05, 0.1) is 22.1 Å². The van der Waals surface area contributed by atoms with Crippen molar-refractivity contribution in [2.45, 2.75) is 24.9 Å². The highest BCUT2D eigenvalue weighted by molar-refractivity contribution is 7.89. The van der Waals surface area contributed by atoms with Gasteiger partial charge in [0, 0.05) is 18.8 Å². The Bertz CT molecular complexity index is 980. The number of nitrogens with one attached hydrogen (secondary N) is 2. The molecule has 0 saturated heterocycles. The zero-order valence-corrected chi connectivity index (χ0v) is 15.5. The van der Waals surface area contributed by atoms with E-state index in [2.05, 4.69) is 10.0 Å². The Morgan fingerprint density at radius 1 is 1.07 bits per heavy atom. The number of alkyl halides is 3. The molecule has 0 amide bonds. The summed E-state index contributed by atoms with van der Waals surface area (Å²) >= 11 is 0. The molecular weight excluding hydrogens is 379 g/mol. The highest BCUT2D eigenvalue weighted by atomic mass is 32.2. The molecule has 5 nitrogen and oxygen atoms in total. The molecule has 2 N–H and O–H groups in total. The molecule has 0 aromatic heterocycles. The molecule has 0 aliphatic carbocycles. The Hall–Kier alpha value is -2.57. The Balaban J connectivity index is 2.03. The van der Waals surface area contributed by atoms with Crippen LogP contribution >= 0.6 is 0 Å². The summed E-state index contributed by atoms with van der Waals surface area (Å²) in [4.78, 5) is 0.167. The van der Waals surface area contributed by atoms with E-state index in [0.29, 0.717) is 5.56 Å². The number of anilines is 1. The van der Waals surface area contributed by atoms with Crippen molar-refractivity contribution in [1.29, 1.82) is 5.26 Å². The van der Waals surface area contributed by atoms with Gasteiger partial charge in [-0.1, -0.05) is 12.1 Å². The van der Waals surface area contributed by atoms with Crippen molar-refractivity contribution in [3.63, 3.8) is 0 Å². The molecule has 0 aliphatic heterocycles. The number of hydrogen-bond donors (Lipinski definition) is 2. The summed E-state index contributed by atoms with van der Waals surface area (Å²) in [5.41, 5.74) is 0.0428. The first-order chi connectivity index (χ1) is 12.5. The van der Waals surface area contributed by atoms with E-state index in [1.54, 1.807) is 32.0 Å². The van der Waals surface area contributed by atoms with Crippen LogP contribution in [-0.2, 0) is 16.2 Å². The number of rotatable bonds is 6. The Labute approximate surface area is 155 Å². The molecule has 2 aromatic carbocycles. The van der Waals surface area contributed by atoms with E-state index in [-0.39, 0.29) is 23.7 Å². The van der Waals surface area contributed by atoms with Crippen molar-refractivity contribution < 1.29 is 21.6 Å². The molecule has 0 atom stereocenters. The molecule has 0 saturated carbocycles. The lowest BCUT2D eigenvalue weighted by atomic mass is 10.1. The molecule has 144 valence electrons. The van der Waals surface area contributed by atoms with Gasteiger partial charge in [-0.25, -0.2) is 13.1 Å². The van der Waals surface area contributed by atoms with E-state index in [1.807, 2.05) is 0 Å². The van der Waals surface area contributed by atoms with Gasteiger partial charge in [0.1, 0.15) is 0 Å². The van der Waals surface area contributed by atoms with Crippen LogP contribution in [-0.4, -0.2) is 21.5 Å². The maximum absolute atomic E-state index is 12.9. The third-order valence-corrected chi connectivity index (χ3v) is 5.43. The molecule has 27 heavy (non-hydrogen) atoms. The normalized spacial score (nSPS) is 11.9. The SMILES string of the molecule is Cc1ccc(C)c(S(=O)(=O)NCCNc2ccc(C#N)c(C(F)(F)F)c2)c1. The van der Waals surface area contributed by atoms with E-state index < -0.39 is 27.3 Å². The molecule has 0 spiro atoms. The second-order valence-corrected chi connectivity index (χ2v) is 7.70. The van der Waals surface area contributed by atoms with Crippen molar-refractivity contribution in [3.05, 3.63) is 58.7 Å². The first-order valence-electron chi connectivity index (χ1n) is 7.97. The highest BCUT2D eigenvalue weighted by Crippen LogP contribution is 2.33. The summed E-state index contributed by atoms with van der Waals surface area (Å²) < 4.78 is 66.0. The summed E-state index contributed by atoms with van der Waals surface area (Å²) in [5, 5.41) is 11.5. The fourth-order valence-electron chi connectivity index (χ4n) is 2.45. The van der Waals surface area contributed by atoms with E-state index >= 15 is 0 Å². The Kier molecular flexibility index (Phi) is 6.13. The number of nitriles is 1. The minimum absolute atomic E-state index is 0.0168. The van der Waals surface area contributed by atoms with Crippen molar-refractivity contribution in [1.82, 2.24) is 4.72 Å². The molecule has 2 aromatic rings. The van der Waals surface area contributed by atoms with Crippen molar-refractivity contribution in [3.8, 4) is 6.07 Å². The third kappa shape index (κ3) is 5.21. The molecule has 0 bridgehead atoms. The van der Waals surface area contributed by atoms with Gasteiger partial charge < -0.3 is 5.32 Å². The smallest absolute Gasteiger partial charge is 0.384 e. The third-order valence-electron chi connectivity index (χ3n) is 3.82. The summed E-state index contributed by atoms with van der Waals surface area (Å²) in [6, 6.07) is 9.82. The number of halogens is 3. The molecule has 0 unspecified atom stereocenters. The van der Waals surface area contributed by atoms with Gasteiger partial charge in [-0.15, -0.1) is 0 Å². The summed E-state index contributed by atoms with van der Waals surface area (Å²) in [6.45, 7) is 3.52. The molecule has 9 heteroatoms. The summed E-state index contributed by atoms with van der Waals surface area (Å²) in [7, 11) is -3.72. The van der Waals surface area contributed by atoms with Gasteiger partial charge in [-0.2, -0.15) is 18.4 Å². The summed E-state index contributed by atoms with van der Waals surface area (Å²) in [5.74, 6) is 0. The molecule has 0 radical (unpaired) electrons. The molecule has 0 fully saturated rings. The van der Waals surface area contributed by atoms with E-state index in [4.69, 9.17) is 5.26 Å². The topological polar surface area (TPSA) is 82.0 Å². The second kappa shape index (κ2) is 7.98. The predicted molar refractivity (Wildman–Crippen MR) is 95.8 cm³/mol. The maximum atomic E-state index is 12.9. The monoisotopic (exact) mass is 397 g/mol. The maximum Gasteiger partial charge on any atom is 0.417 e. The zero-order chi connectivity index (χ0) is 20.2. The van der Waals surface area contributed by atoms with E-state index in [9.17, 15) is 21.6 Å². The van der Waals surface area contributed by atoms with Crippen molar-refractivity contribution in [2.75, 3.05) is 18.4 Å². The quantitative estimate of drug-likeness (QED) is 0.730. The Morgan fingerprint density at radius 2 is 1.78 bits per heavy atom. The average molecular weight is 397 g/mol. The standard InChI is InChI=1S/C18H18F3N3O2S/c1-12-3-4-13(2)17(9-12)27(25,26)24-8-7-23-15-6-5-14(11-22)16(10-15)18(19,20)21/h3-6,9-10,23-24H,7-8H2,1-2H3. The average Bonchev–Trinajstić information content (AvgIpc) is 2.59. The van der Waals surface area contributed by atoms with Crippen LogP contribution in [0, 0.1) is 25.2 Å². The van der Waals surface area contributed by atoms with Crippen LogP contribution in [0.2, 0.25) is 0 Å².